The minimum absolute atomic E-state index is 0.0127. The van der Waals surface area contributed by atoms with Gasteiger partial charge >= 0.3 is 0 Å². The number of hydrogen-bond donors (Lipinski definition) is 1. The van der Waals surface area contributed by atoms with Crippen LogP contribution in [0.15, 0.2) is 15.9 Å². The molecular formula is C12H15BrN2O2S. The van der Waals surface area contributed by atoms with Crippen LogP contribution in [-0.4, -0.2) is 36.3 Å². The average Bonchev–Trinajstić information content (AvgIpc) is 2.83. The third kappa shape index (κ3) is 3.55. The van der Waals surface area contributed by atoms with Gasteiger partial charge in [0, 0.05) is 13.1 Å². The molecule has 1 aromatic rings. The zero-order valence-corrected chi connectivity index (χ0v) is 12.3. The summed E-state index contributed by atoms with van der Waals surface area (Å²) in [5, 5.41) is 2.67. The smallest absolute Gasteiger partial charge is 0.261 e. The molecule has 1 aliphatic heterocycles. The summed E-state index contributed by atoms with van der Waals surface area (Å²) in [7, 11) is 0. The maximum Gasteiger partial charge on any atom is 0.261 e. The SMILES string of the molecule is O=C(NCC(=O)N1CCCCC1)c1ccc(Br)s1. The van der Waals surface area contributed by atoms with Crippen LogP contribution in [0.2, 0.25) is 0 Å². The maximum atomic E-state index is 11.8. The number of thiophene rings is 1. The van der Waals surface area contributed by atoms with E-state index in [1.807, 2.05) is 11.0 Å². The van der Waals surface area contributed by atoms with Crippen molar-refractivity contribution in [2.45, 2.75) is 19.3 Å². The number of piperidine rings is 1. The van der Waals surface area contributed by atoms with E-state index in [4.69, 9.17) is 0 Å². The Kier molecular flexibility index (Phi) is 4.77. The van der Waals surface area contributed by atoms with Crippen molar-refractivity contribution >= 4 is 39.1 Å². The van der Waals surface area contributed by atoms with E-state index in [1.54, 1.807) is 6.07 Å². The lowest BCUT2D eigenvalue weighted by Gasteiger charge is -2.26. The van der Waals surface area contributed by atoms with Gasteiger partial charge < -0.3 is 10.2 Å². The molecule has 2 amide bonds. The molecule has 0 spiro atoms. The van der Waals surface area contributed by atoms with Crippen LogP contribution >= 0.6 is 27.3 Å². The summed E-state index contributed by atoms with van der Waals surface area (Å²) >= 11 is 4.67. The number of carbonyl (C=O) groups is 2. The van der Waals surface area contributed by atoms with Gasteiger partial charge in [-0.25, -0.2) is 0 Å². The molecule has 6 heteroatoms. The minimum atomic E-state index is -0.184. The van der Waals surface area contributed by atoms with Crippen molar-refractivity contribution in [2.75, 3.05) is 19.6 Å². The van der Waals surface area contributed by atoms with Gasteiger partial charge in [-0.1, -0.05) is 0 Å². The van der Waals surface area contributed by atoms with Crippen LogP contribution < -0.4 is 5.32 Å². The number of amides is 2. The fourth-order valence-corrected chi connectivity index (χ4v) is 3.24. The Labute approximate surface area is 118 Å². The Bertz CT molecular complexity index is 441. The average molecular weight is 331 g/mol. The van der Waals surface area contributed by atoms with Gasteiger partial charge in [0.15, 0.2) is 0 Å². The molecule has 4 nitrogen and oxygen atoms in total. The Morgan fingerprint density at radius 3 is 2.61 bits per heavy atom. The van der Waals surface area contributed by atoms with Crippen molar-refractivity contribution in [3.8, 4) is 0 Å². The van der Waals surface area contributed by atoms with E-state index in [9.17, 15) is 9.59 Å². The van der Waals surface area contributed by atoms with E-state index < -0.39 is 0 Å². The van der Waals surface area contributed by atoms with E-state index in [0.717, 1.165) is 29.7 Å². The van der Waals surface area contributed by atoms with Gasteiger partial charge in [-0.05, 0) is 47.3 Å². The number of halogens is 1. The van der Waals surface area contributed by atoms with Crippen LogP contribution in [0, 0.1) is 0 Å². The first-order valence-electron chi connectivity index (χ1n) is 5.98. The quantitative estimate of drug-likeness (QED) is 0.924. The Morgan fingerprint density at radius 1 is 1.28 bits per heavy atom. The zero-order valence-electron chi connectivity index (χ0n) is 9.95. The molecule has 2 heterocycles. The molecule has 1 N–H and O–H groups in total. The molecule has 2 rings (SSSR count). The van der Waals surface area contributed by atoms with Crippen LogP contribution in [0.5, 0.6) is 0 Å². The molecule has 0 saturated carbocycles. The van der Waals surface area contributed by atoms with Crippen LogP contribution in [0.1, 0.15) is 28.9 Å². The topological polar surface area (TPSA) is 49.4 Å². The van der Waals surface area contributed by atoms with Gasteiger partial charge in [0.1, 0.15) is 0 Å². The fraction of sp³-hybridized carbons (Fsp3) is 0.500. The molecule has 0 aromatic carbocycles. The van der Waals surface area contributed by atoms with Crippen LogP contribution in [0.25, 0.3) is 0 Å². The van der Waals surface area contributed by atoms with Crippen molar-refractivity contribution in [3.63, 3.8) is 0 Å². The van der Waals surface area contributed by atoms with Crippen molar-refractivity contribution in [1.29, 1.82) is 0 Å². The van der Waals surface area contributed by atoms with Gasteiger partial charge in [0.2, 0.25) is 5.91 Å². The largest absolute Gasteiger partial charge is 0.342 e. The van der Waals surface area contributed by atoms with Gasteiger partial charge in [0.05, 0.1) is 15.2 Å². The number of rotatable bonds is 3. The Balaban J connectivity index is 1.80. The lowest BCUT2D eigenvalue weighted by molar-refractivity contribution is -0.130. The highest BCUT2D eigenvalue weighted by molar-refractivity contribution is 9.11. The predicted octanol–water partition coefficient (Wildman–Crippen LogP) is 2.25. The summed E-state index contributed by atoms with van der Waals surface area (Å²) in [6.45, 7) is 1.73. The van der Waals surface area contributed by atoms with E-state index in [1.165, 1.54) is 17.8 Å². The summed E-state index contributed by atoms with van der Waals surface area (Å²) in [5.74, 6) is -0.172. The van der Waals surface area contributed by atoms with Crippen LogP contribution in [0.3, 0.4) is 0 Å². The monoisotopic (exact) mass is 330 g/mol. The van der Waals surface area contributed by atoms with E-state index >= 15 is 0 Å². The van der Waals surface area contributed by atoms with Crippen molar-refractivity contribution in [1.82, 2.24) is 10.2 Å². The number of nitrogens with one attached hydrogen (secondary N) is 1. The summed E-state index contributed by atoms with van der Waals surface area (Å²) in [6, 6.07) is 3.57. The molecule has 1 aromatic heterocycles. The highest BCUT2D eigenvalue weighted by Gasteiger charge is 2.17. The molecule has 0 atom stereocenters. The van der Waals surface area contributed by atoms with E-state index in [2.05, 4.69) is 21.2 Å². The summed E-state index contributed by atoms with van der Waals surface area (Å²) < 4.78 is 0.912. The maximum absolute atomic E-state index is 11.8. The molecule has 0 radical (unpaired) electrons. The highest BCUT2D eigenvalue weighted by Crippen LogP contribution is 2.21. The molecular weight excluding hydrogens is 316 g/mol. The zero-order chi connectivity index (χ0) is 13.0. The second-order valence-electron chi connectivity index (χ2n) is 4.23. The van der Waals surface area contributed by atoms with E-state index in [0.29, 0.717) is 4.88 Å². The molecule has 1 fully saturated rings. The number of nitrogens with zero attached hydrogens (tertiary/aromatic N) is 1. The second-order valence-corrected chi connectivity index (χ2v) is 6.69. The van der Waals surface area contributed by atoms with Gasteiger partial charge in [-0.3, -0.25) is 9.59 Å². The number of carbonyl (C=O) groups excluding carboxylic acids is 2. The van der Waals surface area contributed by atoms with Crippen LogP contribution in [-0.2, 0) is 4.79 Å². The molecule has 1 saturated heterocycles. The summed E-state index contributed by atoms with van der Waals surface area (Å²) in [6.07, 6.45) is 3.33. The third-order valence-corrected chi connectivity index (χ3v) is 4.53. The minimum Gasteiger partial charge on any atom is -0.342 e. The molecule has 0 aliphatic carbocycles. The van der Waals surface area contributed by atoms with Gasteiger partial charge in [0.25, 0.3) is 5.91 Å². The molecule has 1 aliphatic rings. The second kappa shape index (κ2) is 6.33. The predicted molar refractivity (Wildman–Crippen MR) is 74.8 cm³/mol. The van der Waals surface area contributed by atoms with Crippen LogP contribution in [0.4, 0.5) is 0 Å². The number of likely N-dealkylation sites (tertiary alicyclic amines) is 1. The number of hydrogen-bond acceptors (Lipinski definition) is 3. The first-order valence-corrected chi connectivity index (χ1v) is 7.59. The third-order valence-electron chi connectivity index (χ3n) is 2.91. The first-order chi connectivity index (χ1) is 8.66. The Hall–Kier alpha value is -0.880. The highest BCUT2D eigenvalue weighted by atomic mass is 79.9. The molecule has 98 valence electrons. The standard InChI is InChI=1S/C12H15BrN2O2S/c13-10-5-4-9(18-10)12(17)14-8-11(16)15-6-2-1-3-7-15/h4-5H,1-3,6-8H2,(H,14,17). The van der Waals surface area contributed by atoms with Crippen molar-refractivity contribution < 1.29 is 9.59 Å². The van der Waals surface area contributed by atoms with Gasteiger partial charge in [-0.2, -0.15) is 0 Å². The van der Waals surface area contributed by atoms with Gasteiger partial charge in [-0.15, -0.1) is 11.3 Å². The lowest BCUT2D eigenvalue weighted by atomic mass is 10.1. The Morgan fingerprint density at radius 2 is 2.00 bits per heavy atom. The normalized spacial score (nSPS) is 15.5. The summed E-state index contributed by atoms with van der Waals surface area (Å²) in [4.78, 5) is 26.0. The summed E-state index contributed by atoms with van der Waals surface area (Å²) in [5.41, 5.74) is 0. The molecule has 0 bridgehead atoms. The first kappa shape index (κ1) is 13.5. The van der Waals surface area contributed by atoms with Crippen molar-refractivity contribution in [2.24, 2.45) is 0 Å². The van der Waals surface area contributed by atoms with Crippen molar-refractivity contribution in [3.05, 3.63) is 20.8 Å². The molecule has 18 heavy (non-hydrogen) atoms. The van der Waals surface area contributed by atoms with E-state index in [-0.39, 0.29) is 18.4 Å². The lowest BCUT2D eigenvalue weighted by Crippen LogP contribution is -2.42. The fourth-order valence-electron chi connectivity index (χ4n) is 1.93. The molecule has 0 unspecified atom stereocenters.